The number of H-pyrrole nitrogens is 1. The van der Waals surface area contributed by atoms with E-state index in [-0.39, 0.29) is 0 Å². The summed E-state index contributed by atoms with van der Waals surface area (Å²) in [6, 6.07) is 15.2. The van der Waals surface area contributed by atoms with Gasteiger partial charge in [-0.2, -0.15) is 0 Å². The number of aromatic amines is 1. The van der Waals surface area contributed by atoms with E-state index in [9.17, 15) is 0 Å². The number of aryl methyl sites for hydroxylation is 2. The first-order valence-corrected chi connectivity index (χ1v) is 11.2. The Morgan fingerprint density at radius 2 is 1.97 bits per heavy atom. The van der Waals surface area contributed by atoms with Crippen molar-refractivity contribution in [1.82, 2.24) is 20.1 Å². The van der Waals surface area contributed by atoms with Gasteiger partial charge < -0.3 is 19.1 Å². The summed E-state index contributed by atoms with van der Waals surface area (Å²) >= 11 is 0. The maximum Gasteiger partial charge on any atom is 0.143 e. The van der Waals surface area contributed by atoms with E-state index >= 15 is 0 Å². The van der Waals surface area contributed by atoms with E-state index in [1.54, 1.807) is 13.4 Å². The third kappa shape index (κ3) is 3.07. The smallest absolute Gasteiger partial charge is 0.143 e. The van der Waals surface area contributed by atoms with Crippen LogP contribution in [0.3, 0.4) is 0 Å². The predicted octanol–water partition coefficient (Wildman–Crippen LogP) is 5.73. The number of benzene rings is 2. The van der Waals surface area contributed by atoms with Gasteiger partial charge in [0, 0.05) is 23.0 Å². The first kappa shape index (κ1) is 19.8. The molecule has 7 nitrogen and oxygen atoms in total. The fraction of sp³-hybridized carbons (Fsp3) is 0.269. The molecule has 1 aliphatic heterocycles. The fourth-order valence-electron chi connectivity index (χ4n) is 5.23. The van der Waals surface area contributed by atoms with Crippen LogP contribution in [0.5, 0.6) is 5.75 Å². The maximum atomic E-state index is 5.82. The first-order chi connectivity index (χ1) is 16.2. The zero-order valence-electron chi connectivity index (χ0n) is 18.9. The predicted molar refractivity (Wildman–Crippen MR) is 129 cm³/mol. The Balaban J connectivity index is 1.56. The van der Waals surface area contributed by atoms with Gasteiger partial charge in [-0.15, -0.1) is 0 Å². The lowest BCUT2D eigenvalue weighted by molar-refractivity contribution is 0.393. The number of ether oxygens (including phenoxy) is 1. The second-order valence-corrected chi connectivity index (χ2v) is 8.61. The minimum Gasteiger partial charge on any atom is -0.496 e. The van der Waals surface area contributed by atoms with Crippen molar-refractivity contribution >= 4 is 27.8 Å². The van der Waals surface area contributed by atoms with E-state index in [1.807, 2.05) is 13.8 Å². The summed E-state index contributed by atoms with van der Waals surface area (Å²) in [5.74, 6) is 2.50. The van der Waals surface area contributed by atoms with Gasteiger partial charge in [-0.3, -0.25) is 0 Å². The van der Waals surface area contributed by atoms with Crippen LogP contribution < -0.4 is 9.64 Å². The zero-order valence-corrected chi connectivity index (χ0v) is 18.9. The van der Waals surface area contributed by atoms with Gasteiger partial charge in [-0.25, -0.2) is 9.97 Å². The molecule has 1 aliphatic rings. The molecule has 0 amide bonds. The van der Waals surface area contributed by atoms with E-state index in [0.717, 1.165) is 75.5 Å². The summed E-state index contributed by atoms with van der Waals surface area (Å²) < 4.78 is 11.2. The van der Waals surface area contributed by atoms with Gasteiger partial charge in [0.2, 0.25) is 0 Å². The Morgan fingerprint density at radius 1 is 1.12 bits per heavy atom. The average Bonchev–Trinajstić information content (AvgIpc) is 3.55. The molecule has 4 heterocycles. The highest BCUT2D eigenvalue weighted by molar-refractivity contribution is 6.13. The molecule has 0 bridgehead atoms. The molecule has 1 atom stereocenters. The first-order valence-electron chi connectivity index (χ1n) is 11.2. The molecule has 166 valence electrons. The third-order valence-corrected chi connectivity index (χ3v) is 6.70. The highest BCUT2D eigenvalue weighted by Crippen LogP contribution is 2.43. The average molecular weight is 440 g/mol. The van der Waals surface area contributed by atoms with Gasteiger partial charge in [-0.05, 0) is 44.4 Å². The van der Waals surface area contributed by atoms with Gasteiger partial charge in [0.05, 0.1) is 29.8 Å². The van der Waals surface area contributed by atoms with Crippen molar-refractivity contribution in [2.45, 2.75) is 32.7 Å². The van der Waals surface area contributed by atoms with Crippen LogP contribution >= 0.6 is 0 Å². The van der Waals surface area contributed by atoms with E-state index in [1.165, 1.54) is 5.56 Å². The van der Waals surface area contributed by atoms with E-state index in [0.29, 0.717) is 6.04 Å². The van der Waals surface area contributed by atoms with Crippen molar-refractivity contribution < 1.29 is 9.26 Å². The summed E-state index contributed by atoms with van der Waals surface area (Å²) in [7, 11) is 1.70. The summed E-state index contributed by atoms with van der Waals surface area (Å²) in [5.41, 5.74) is 5.88. The quantitative estimate of drug-likeness (QED) is 0.385. The van der Waals surface area contributed by atoms with Crippen LogP contribution in [0.4, 0.5) is 5.82 Å². The van der Waals surface area contributed by atoms with E-state index < -0.39 is 0 Å². The van der Waals surface area contributed by atoms with Crippen LogP contribution in [0.25, 0.3) is 33.1 Å². The van der Waals surface area contributed by atoms with Gasteiger partial charge in [0.1, 0.15) is 29.3 Å². The standard InChI is InChI=1S/C26H25N5O2/c1-15-23(16(2)33-30-15)19-12-20-18(13-22(19)32-3)24-25(29-20)27-14-28-26(24)31-11-7-10-21(31)17-8-5-4-6-9-17/h4-6,8-9,12-14,21H,7,10-11H2,1-3H3,(H,27,28,29). The van der Waals surface area contributed by atoms with E-state index in [4.69, 9.17) is 14.2 Å². The molecule has 5 aromatic rings. The number of nitrogens with zero attached hydrogens (tertiary/aromatic N) is 4. The van der Waals surface area contributed by atoms with Crippen LogP contribution in [0, 0.1) is 13.8 Å². The van der Waals surface area contributed by atoms with Crippen LogP contribution in [-0.2, 0) is 0 Å². The Hall–Kier alpha value is -3.87. The molecule has 1 N–H and O–H groups in total. The molecule has 7 heteroatoms. The minimum atomic E-state index is 0.303. The zero-order chi connectivity index (χ0) is 22.5. The molecule has 1 saturated heterocycles. The number of hydrogen-bond donors (Lipinski definition) is 1. The van der Waals surface area contributed by atoms with Gasteiger partial charge in [-0.1, -0.05) is 35.5 Å². The molecule has 0 aliphatic carbocycles. The Kier molecular flexibility index (Phi) is 4.57. The number of rotatable bonds is 4. The van der Waals surface area contributed by atoms with Crippen molar-refractivity contribution in [3.05, 3.63) is 65.8 Å². The molecular weight excluding hydrogens is 414 g/mol. The lowest BCUT2D eigenvalue weighted by Crippen LogP contribution is -2.23. The summed E-state index contributed by atoms with van der Waals surface area (Å²) in [6.45, 7) is 4.83. The summed E-state index contributed by atoms with van der Waals surface area (Å²) in [5, 5.41) is 6.20. The summed E-state index contributed by atoms with van der Waals surface area (Å²) in [6.07, 6.45) is 3.89. The molecule has 0 saturated carbocycles. The van der Waals surface area contributed by atoms with Crippen molar-refractivity contribution in [2.24, 2.45) is 0 Å². The maximum absolute atomic E-state index is 5.82. The summed E-state index contributed by atoms with van der Waals surface area (Å²) in [4.78, 5) is 15.3. The van der Waals surface area contributed by atoms with Gasteiger partial charge >= 0.3 is 0 Å². The minimum absolute atomic E-state index is 0.303. The monoisotopic (exact) mass is 439 g/mol. The molecule has 1 fully saturated rings. The molecule has 33 heavy (non-hydrogen) atoms. The Bertz CT molecular complexity index is 1450. The van der Waals surface area contributed by atoms with Crippen molar-refractivity contribution in [2.75, 3.05) is 18.6 Å². The largest absolute Gasteiger partial charge is 0.496 e. The SMILES string of the molecule is COc1cc2c(cc1-c1c(C)noc1C)[nH]c1ncnc(N3CCCC3c3ccccc3)c12. The number of aromatic nitrogens is 4. The van der Waals surface area contributed by atoms with Crippen LogP contribution in [0.15, 0.2) is 53.3 Å². The highest BCUT2D eigenvalue weighted by Gasteiger charge is 2.30. The van der Waals surface area contributed by atoms with Crippen molar-refractivity contribution in [3.8, 4) is 16.9 Å². The molecular formula is C26H25N5O2. The molecule has 3 aromatic heterocycles. The fourth-order valence-corrected chi connectivity index (χ4v) is 5.23. The number of fused-ring (bicyclic) bond motifs is 3. The topological polar surface area (TPSA) is 80.1 Å². The van der Waals surface area contributed by atoms with Crippen LogP contribution in [0.1, 0.15) is 35.9 Å². The van der Waals surface area contributed by atoms with E-state index in [2.05, 4.69) is 62.5 Å². The Labute approximate surface area is 191 Å². The Morgan fingerprint density at radius 3 is 2.73 bits per heavy atom. The van der Waals surface area contributed by atoms with Crippen molar-refractivity contribution in [1.29, 1.82) is 0 Å². The van der Waals surface area contributed by atoms with Crippen LogP contribution in [-0.4, -0.2) is 33.8 Å². The molecule has 0 spiro atoms. The number of hydrogen-bond acceptors (Lipinski definition) is 6. The second kappa shape index (κ2) is 7.62. The normalized spacial score (nSPS) is 16.2. The lowest BCUT2D eigenvalue weighted by Gasteiger charge is -2.26. The van der Waals surface area contributed by atoms with Gasteiger partial charge in [0.15, 0.2) is 0 Å². The number of anilines is 1. The van der Waals surface area contributed by atoms with Crippen molar-refractivity contribution in [3.63, 3.8) is 0 Å². The lowest BCUT2D eigenvalue weighted by atomic mass is 10.0. The number of nitrogens with one attached hydrogen (secondary N) is 1. The van der Waals surface area contributed by atoms with Gasteiger partial charge in [0.25, 0.3) is 0 Å². The molecule has 0 radical (unpaired) electrons. The van der Waals surface area contributed by atoms with Crippen LogP contribution in [0.2, 0.25) is 0 Å². The molecule has 6 rings (SSSR count). The molecule has 2 aromatic carbocycles. The highest BCUT2D eigenvalue weighted by atomic mass is 16.5. The number of methoxy groups -OCH3 is 1. The third-order valence-electron chi connectivity index (χ3n) is 6.70. The second-order valence-electron chi connectivity index (χ2n) is 8.61. The molecule has 1 unspecified atom stereocenters.